The Bertz CT molecular complexity index is 739. The van der Waals surface area contributed by atoms with Crippen molar-refractivity contribution in [1.29, 1.82) is 0 Å². The van der Waals surface area contributed by atoms with E-state index in [0.717, 1.165) is 11.1 Å². The van der Waals surface area contributed by atoms with Crippen LogP contribution in [0.5, 0.6) is 0 Å². The lowest BCUT2D eigenvalue weighted by molar-refractivity contribution is -0.146. The normalized spacial score (nSPS) is 11.0. The molecule has 2 rings (SSSR count). The Morgan fingerprint density at radius 2 is 1.72 bits per heavy atom. The topological polar surface area (TPSA) is 49.4 Å². The fourth-order valence-corrected chi connectivity index (χ4v) is 2.63. The predicted molar refractivity (Wildman–Crippen MR) is 101 cm³/mol. The zero-order chi connectivity index (χ0) is 18.4. The quantitative estimate of drug-likeness (QED) is 0.809. The Morgan fingerprint density at radius 1 is 1.04 bits per heavy atom. The zero-order valence-corrected chi connectivity index (χ0v) is 15.4. The fourth-order valence-electron chi connectivity index (χ4n) is 2.63. The number of hydrogen-bond acceptors (Lipinski definition) is 2. The number of anilines is 1. The molecule has 4 heteroatoms. The van der Waals surface area contributed by atoms with Gasteiger partial charge in [0, 0.05) is 18.8 Å². The van der Waals surface area contributed by atoms with E-state index in [9.17, 15) is 9.59 Å². The van der Waals surface area contributed by atoms with Crippen molar-refractivity contribution >= 4 is 17.5 Å². The molecule has 0 saturated heterocycles. The highest BCUT2D eigenvalue weighted by Crippen LogP contribution is 2.23. The molecule has 2 amide bonds. The van der Waals surface area contributed by atoms with Crippen LogP contribution in [0.25, 0.3) is 0 Å². The van der Waals surface area contributed by atoms with Gasteiger partial charge in [0.2, 0.25) is 11.8 Å². The summed E-state index contributed by atoms with van der Waals surface area (Å²) in [6, 6.07) is 17.4. The molecule has 1 N–H and O–H groups in total. The van der Waals surface area contributed by atoms with Gasteiger partial charge >= 0.3 is 0 Å². The molecule has 0 aliphatic carbocycles. The number of nitrogens with zero attached hydrogens (tertiary/aromatic N) is 1. The first-order valence-corrected chi connectivity index (χ1v) is 8.56. The van der Waals surface area contributed by atoms with Crippen molar-refractivity contribution < 1.29 is 9.59 Å². The van der Waals surface area contributed by atoms with Gasteiger partial charge in [-0.1, -0.05) is 42.5 Å². The van der Waals surface area contributed by atoms with Gasteiger partial charge in [0.05, 0.1) is 0 Å². The van der Waals surface area contributed by atoms with Gasteiger partial charge in [-0.05, 0) is 51.0 Å². The van der Waals surface area contributed by atoms with Crippen molar-refractivity contribution in [2.24, 2.45) is 5.41 Å². The molecule has 0 aliphatic heterocycles. The van der Waals surface area contributed by atoms with Gasteiger partial charge in [-0.25, -0.2) is 0 Å². The van der Waals surface area contributed by atoms with Crippen molar-refractivity contribution in [2.45, 2.75) is 34.2 Å². The first kappa shape index (κ1) is 18.7. The average Bonchev–Trinajstić information content (AvgIpc) is 2.60. The van der Waals surface area contributed by atoms with E-state index in [1.54, 1.807) is 18.7 Å². The van der Waals surface area contributed by atoms with E-state index in [1.807, 2.05) is 68.4 Å². The van der Waals surface area contributed by atoms with Crippen molar-refractivity contribution in [3.63, 3.8) is 0 Å². The minimum atomic E-state index is -1.14. The van der Waals surface area contributed by atoms with Gasteiger partial charge in [-0.3, -0.25) is 9.59 Å². The highest BCUT2D eigenvalue weighted by Gasteiger charge is 2.38. The number of amides is 2. The Labute approximate surface area is 149 Å². The molecule has 0 spiro atoms. The molecule has 0 aromatic heterocycles. The van der Waals surface area contributed by atoms with Crippen molar-refractivity contribution in [2.75, 3.05) is 11.9 Å². The van der Waals surface area contributed by atoms with Crippen LogP contribution < -0.4 is 5.32 Å². The highest BCUT2D eigenvalue weighted by atomic mass is 16.2. The maximum absolute atomic E-state index is 13.0. The Kier molecular flexibility index (Phi) is 5.97. The molecule has 4 nitrogen and oxygen atoms in total. The second kappa shape index (κ2) is 7.97. The van der Waals surface area contributed by atoms with Crippen LogP contribution in [0.15, 0.2) is 54.6 Å². The highest BCUT2D eigenvalue weighted by molar-refractivity contribution is 6.09. The van der Waals surface area contributed by atoms with Gasteiger partial charge in [-0.2, -0.15) is 0 Å². The molecule has 2 aromatic rings. The second-order valence-corrected chi connectivity index (χ2v) is 6.75. The molecule has 132 valence electrons. The van der Waals surface area contributed by atoms with E-state index in [2.05, 4.69) is 5.32 Å². The fraction of sp³-hybridized carbons (Fsp3) is 0.333. The third kappa shape index (κ3) is 4.69. The second-order valence-electron chi connectivity index (χ2n) is 6.75. The lowest BCUT2D eigenvalue weighted by Crippen LogP contribution is -2.47. The van der Waals surface area contributed by atoms with Crippen LogP contribution in [-0.4, -0.2) is 23.3 Å². The summed E-state index contributed by atoms with van der Waals surface area (Å²) in [5.41, 5.74) is 1.67. The first-order valence-electron chi connectivity index (χ1n) is 8.56. The zero-order valence-electron chi connectivity index (χ0n) is 15.4. The number of carbonyl (C=O) groups excluding carboxylic acids is 2. The minimum absolute atomic E-state index is 0.177. The third-order valence-corrected chi connectivity index (χ3v) is 4.26. The lowest BCUT2D eigenvalue weighted by Gasteiger charge is -2.30. The maximum Gasteiger partial charge on any atom is 0.239 e. The summed E-state index contributed by atoms with van der Waals surface area (Å²) in [6.45, 7) is 8.29. The van der Waals surface area contributed by atoms with Crippen LogP contribution in [0.2, 0.25) is 0 Å². The summed E-state index contributed by atoms with van der Waals surface area (Å²) in [4.78, 5) is 27.4. The van der Waals surface area contributed by atoms with E-state index < -0.39 is 5.41 Å². The van der Waals surface area contributed by atoms with Crippen molar-refractivity contribution in [1.82, 2.24) is 4.90 Å². The van der Waals surface area contributed by atoms with E-state index >= 15 is 0 Å². The maximum atomic E-state index is 13.0. The standard InChI is InChI=1S/C21H26N2O2/c1-5-23(15-17-11-7-6-8-12-17)20(25)21(3,4)19(24)22-18-13-9-10-16(2)14-18/h6-14H,5,15H2,1-4H3,(H,22,24). The SMILES string of the molecule is CCN(Cc1ccccc1)C(=O)C(C)(C)C(=O)Nc1cccc(C)c1. The number of carbonyl (C=O) groups is 2. The number of aryl methyl sites for hydroxylation is 1. The minimum Gasteiger partial charge on any atom is -0.338 e. The molecular formula is C21H26N2O2. The summed E-state index contributed by atoms with van der Waals surface area (Å²) < 4.78 is 0. The lowest BCUT2D eigenvalue weighted by atomic mass is 9.89. The van der Waals surface area contributed by atoms with E-state index in [4.69, 9.17) is 0 Å². The number of nitrogens with one attached hydrogen (secondary N) is 1. The summed E-state index contributed by atoms with van der Waals surface area (Å²) in [6.07, 6.45) is 0. The van der Waals surface area contributed by atoms with E-state index in [0.29, 0.717) is 18.8 Å². The smallest absolute Gasteiger partial charge is 0.239 e. The first-order chi connectivity index (χ1) is 11.8. The molecule has 0 saturated carbocycles. The van der Waals surface area contributed by atoms with Crippen LogP contribution in [0.1, 0.15) is 31.9 Å². The number of benzene rings is 2. The van der Waals surface area contributed by atoms with Crippen LogP contribution in [0, 0.1) is 12.3 Å². The van der Waals surface area contributed by atoms with Gasteiger partial charge in [0.1, 0.15) is 5.41 Å². The number of hydrogen-bond donors (Lipinski definition) is 1. The summed E-state index contributed by atoms with van der Waals surface area (Å²) in [5, 5.41) is 2.86. The average molecular weight is 338 g/mol. The van der Waals surface area contributed by atoms with Gasteiger partial charge in [-0.15, -0.1) is 0 Å². The largest absolute Gasteiger partial charge is 0.338 e. The molecule has 0 radical (unpaired) electrons. The summed E-state index contributed by atoms with van der Waals surface area (Å²) >= 11 is 0. The van der Waals surface area contributed by atoms with E-state index in [1.165, 1.54) is 0 Å². The summed E-state index contributed by atoms with van der Waals surface area (Å²) in [7, 11) is 0. The van der Waals surface area contributed by atoms with Gasteiger partial charge in [0.15, 0.2) is 0 Å². The molecule has 0 aliphatic rings. The van der Waals surface area contributed by atoms with Gasteiger partial charge in [0.25, 0.3) is 0 Å². The molecule has 0 unspecified atom stereocenters. The monoisotopic (exact) mass is 338 g/mol. The summed E-state index contributed by atoms with van der Waals surface area (Å²) in [5.74, 6) is -0.474. The molecule has 25 heavy (non-hydrogen) atoms. The molecule has 0 heterocycles. The molecule has 0 atom stereocenters. The van der Waals surface area contributed by atoms with Gasteiger partial charge < -0.3 is 10.2 Å². The molecule has 0 fully saturated rings. The Hall–Kier alpha value is -2.62. The molecular weight excluding hydrogens is 312 g/mol. The molecule has 2 aromatic carbocycles. The van der Waals surface area contributed by atoms with Crippen molar-refractivity contribution in [3.05, 3.63) is 65.7 Å². The van der Waals surface area contributed by atoms with Crippen LogP contribution in [0.3, 0.4) is 0 Å². The van der Waals surface area contributed by atoms with Crippen molar-refractivity contribution in [3.8, 4) is 0 Å². The number of rotatable bonds is 6. The Balaban J connectivity index is 2.12. The van der Waals surface area contributed by atoms with E-state index in [-0.39, 0.29) is 11.8 Å². The van der Waals surface area contributed by atoms with Crippen LogP contribution in [0.4, 0.5) is 5.69 Å². The van der Waals surface area contributed by atoms with Crippen LogP contribution in [-0.2, 0) is 16.1 Å². The predicted octanol–water partition coefficient (Wildman–Crippen LogP) is 4.01. The molecule has 0 bridgehead atoms. The Morgan fingerprint density at radius 3 is 2.32 bits per heavy atom. The van der Waals surface area contributed by atoms with Crippen LogP contribution >= 0.6 is 0 Å². The third-order valence-electron chi connectivity index (χ3n) is 4.26.